The zero-order valence-corrected chi connectivity index (χ0v) is 26.6. The van der Waals surface area contributed by atoms with Gasteiger partial charge >= 0.3 is 0 Å². The Bertz CT molecular complexity index is 940. The predicted molar refractivity (Wildman–Crippen MR) is 164 cm³/mol. The zero-order valence-electron chi connectivity index (χ0n) is 25.7. The fourth-order valence-electron chi connectivity index (χ4n) is 4.61. The van der Waals surface area contributed by atoms with Gasteiger partial charge in [0.1, 0.15) is 0 Å². The SMILES string of the molecule is CCCCCCCCCC(=O)NCCCCN(CCCOCC)CN1CCCC1=O.Cc1ccc(S(=O)(=O)O)cc1. The van der Waals surface area contributed by atoms with Crippen LogP contribution in [0.2, 0.25) is 0 Å². The normalized spacial score (nSPS) is 13.4. The summed E-state index contributed by atoms with van der Waals surface area (Å²) in [6, 6.07) is 5.99. The van der Waals surface area contributed by atoms with Gasteiger partial charge in [-0.1, -0.05) is 63.1 Å². The highest BCUT2D eigenvalue weighted by Crippen LogP contribution is 2.12. The zero-order chi connectivity index (χ0) is 30.3. The van der Waals surface area contributed by atoms with E-state index in [0.717, 1.165) is 83.7 Å². The number of hydrogen-bond acceptors (Lipinski definition) is 6. The number of likely N-dealkylation sites (tertiary alicyclic amines) is 1. The number of amides is 2. The van der Waals surface area contributed by atoms with Gasteiger partial charge in [-0.25, -0.2) is 0 Å². The van der Waals surface area contributed by atoms with E-state index >= 15 is 0 Å². The number of aryl methyl sites for hydroxylation is 1. The topological polar surface area (TPSA) is 116 Å². The highest BCUT2D eigenvalue weighted by molar-refractivity contribution is 7.85. The standard InChI is InChI=1S/C24H47N3O3.C7H8O3S/c1-3-5-6-7-8-9-10-15-23(28)25-17-11-12-18-26(19-14-21-30-4-2)22-27-20-13-16-24(27)29;1-6-2-4-7(5-3-6)11(8,9)10/h3-22H2,1-2H3,(H,25,28);2-5H,1H3,(H,8,9,10). The van der Waals surface area contributed by atoms with Crippen LogP contribution >= 0.6 is 0 Å². The Kier molecular flexibility index (Phi) is 20.4. The second kappa shape index (κ2) is 22.6. The van der Waals surface area contributed by atoms with Crippen LogP contribution < -0.4 is 5.32 Å². The van der Waals surface area contributed by atoms with Crippen molar-refractivity contribution >= 4 is 21.9 Å². The molecule has 1 heterocycles. The van der Waals surface area contributed by atoms with Crippen LogP contribution in [0.5, 0.6) is 0 Å². The molecule has 1 aromatic carbocycles. The molecule has 0 atom stereocenters. The van der Waals surface area contributed by atoms with E-state index in [1.807, 2.05) is 18.7 Å². The molecule has 0 unspecified atom stereocenters. The Morgan fingerprint density at radius 2 is 1.63 bits per heavy atom. The van der Waals surface area contributed by atoms with Gasteiger partial charge in [-0.3, -0.25) is 19.0 Å². The van der Waals surface area contributed by atoms with Crippen molar-refractivity contribution in [1.82, 2.24) is 15.1 Å². The van der Waals surface area contributed by atoms with Crippen LogP contribution in [0.25, 0.3) is 0 Å². The number of ether oxygens (including phenoxy) is 1. The molecule has 2 amide bonds. The van der Waals surface area contributed by atoms with Crippen molar-refractivity contribution in [3.63, 3.8) is 0 Å². The summed E-state index contributed by atoms with van der Waals surface area (Å²) < 4.78 is 35.0. The van der Waals surface area contributed by atoms with Crippen molar-refractivity contribution in [2.75, 3.05) is 46.1 Å². The van der Waals surface area contributed by atoms with Gasteiger partial charge in [-0.05, 0) is 64.6 Å². The minimum absolute atomic E-state index is 0.0666. The van der Waals surface area contributed by atoms with Crippen LogP contribution in [-0.4, -0.2) is 80.6 Å². The average Bonchev–Trinajstić information content (AvgIpc) is 3.34. The Balaban J connectivity index is 0.000000634. The highest BCUT2D eigenvalue weighted by atomic mass is 32.2. The van der Waals surface area contributed by atoms with Crippen LogP contribution in [0, 0.1) is 6.92 Å². The molecule has 0 radical (unpaired) electrons. The average molecular weight is 598 g/mol. The largest absolute Gasteiger partial charge is 0.382 e. The number of unbranched alkanes of at least 4 members (excludes halogenated alkanes) is 7. The monoisotopic (exact) mass is 597 g/mol. The maximum absolute atomic E-state index is 12.0. The number of benzene rings is 1. The molecule has 2 rings (SSSR count). The van der Waals surface area contributed by atoms with Crippen LogP contribution in [-0.2, 0) is 24.4 Å². The molecular formula is C31H55N3O6S. The molecular weight excluding hydrogens is 542 g/mol. The Labute approximate surface area is 249 Å². The van der Waals surface area contributed by atoms with Crippen molar-refractivity contribution in [2.24, 2.45) is 0 Å². The van der Waals surface area contributed by atoms with E-state index in [2.05, 4.69) is 17.1 Å². The molecule has 1 saturated heterocycles. The molecule has 1 fully saturated rings. The van der Waals surface area contributed by atoms with E-state index in [4.69, 9.17) is 9.29 Å². The molecule has 9 nitrogen and oxygen atoms in total. The summed E-state index contributed by atoms with van der Waals surface area (Å²) in [5.74, 6) is 0.474. The third-order valence-electron chi connectivity index (χ3n) is 7.06. The molecule has 0 spiro atoms. The van der Waals surface area contributed by atoms with Gasteiger partial charge in [-0.15, -0.1) is 0 Å². The highest BCUT2D eigenvalue weighted by Gasteiger charge is 2.22. The molecule has 10 heteroatoms. The lowest BCUT2D eigenvalue weighted by molar-refractivity contribution is -0.129. The number of carbonyl (C=O) groups excluding carboxylic acids is 2. The van der Waals surface area contributed by atoms with E-state index in [0.29, 0.717) is 12.8 Å². The first kappa shape index (κ1) is 37.0. The number of hydrogen-bond donors (Lipinski definition) is 2. The van der Waals surface area contributed by atoms with Crippen molar-refractivity contribution < 1.29 is 27.3 Å². The fourth-order valence-corrected chi connectivity index (χ4v) is 5.09. The molecule has 1 aliphatic rings. The molecule has 0 bridgehead atoms. The summed E-state index contributed by atoms with van der Waals surface area (Å²) in [5, 5.41) is 3.07. The molecule has 1 aliphatic heterocycles. The number of carbonyl (C=O) groups is 2. The minimum Gasteiger partial charge on any atom is -0.382 e. The summed E-state index contributed by atoms with van der Waals surface area (Å²) in [6.45, 7) is 11.9. The molecule has 1 aromatic rings. The summed E-state index contributed by atoms with van der Waals surface area (Å²) >= 11 is 0. The van der Waals surface area contributed by atoms with E-state index in [1.165, 1.54) is 50.7 Å². The molecule has 41 heavy (non-hydrogen) atoms. The van der Waals surface area contributed by atoms with E-state index < -0.39 is 10.1 Å². The van der Waals surface area contributed by atoms with Crippen LogP contribution in [0.4, 0.5) is 0 Å². The predicted octanol–water partition coefficient (Wildman–Crippen LogP) is 5.57. The summed E-state index contributed by atoms with van der Waals surface area (Å²) in [4.78, 5) is 28.2. The van der Waals surface area contributed by atoms with Gasteiger partial charge in [-0.2, -0.15) is 8.42 Å². The molecule has 0 aliphatic carbocycles. The van der Waals surface area contributed by atoms with Crippen molar-refractivity contribution in [3.8, 4) is 0 Å². The Morgan fingerprint density at radius 3 is 2.24 bits per heavy atom. The van der Waals surface area contributed by atoms with Gasteiger partial charge in [0.05, 0.1) is 11.6 Å². The van der Waals surface area contributed by atoms with E-state index in [-0.39, 0.29) is 16.7 Å². The molecule has 236 valence electrons. The third kappa shape index (κ3) is 18.9. The van der Waals surface area contributed by atoms with Gasteiger partial charge in [0.15, 0.2) is 0 Å². The Morgan fingerprint density at radius 1 is 0.976 bits per heavy atom. The number of nitrogens with one attached hydrogen (secondary N) is 1. The lowest BCUT2D eigenvalue weighted by Crippen LogP contribution is -2.40. The van der Waals surface area contributed by atoms with Gasteiger partial charge in [0, 0.05) is 45.7 Å². The first-order valence-electron chi connectivity index (χ1n) is 15.6. The lowest BCUT2D eigenvalue weighted by atomic mass is 10.1. The number of rotatable bonds is 21. The smallest absolute Gasteiger partial charge is 0.294 e. The van der Waals surface area contributed by atoms with Crippen LogP contribution in [0.1, 0.15) is 103 Å². The second-order valence-electron chi connectivity index (χ2n) is 10.8. The summed E-state index contributed by atoms with van der Waals surface area (Å²) in [7, 11) is -4.02. The maximum Gasteiger partial charge on any atom is 0.294 e. The minimum atomic E-state index is -4.02. The van der Waals surface area contributed by atoms with Crippen molar-refractivity contribution in [1.29, 1.82) is 0 Å². The molecule has 2 N–H and O–H groups in total. The van der Waals surface area contributed by atoms with Crippen molar-refractivity contribution in [3.05, 3.63) is 29.8 Å². The van der Waals surface area contributed by atoms with Gasteiger partial charge in [0.25, 0.3) is 10.1 Å². The van der Waals surface area contributed by atoms with Crippen LogP contribution in [0.15, 0.2) is 29.2 Å². The molecule has 0 saturated carbocycles. The maximum atomic E-state index is 12.0. The fraction of sp³-hybridized carbons (Fsp3) is 0.742. The number of nitrogens with zero attached hydrogens (tertiary/aromatic N) is 2. The lowest BCUT2D eigenvalue weighted by Gasteiger charge is -2.27. The second-order valence-corrected chi connectivity index (χ2v) is 12.2. The molecule has 0 aromatic heterocycles. The summed E-state index contributed by atoms with van der Waals surface area (Å²) in [6.07, 6.45) is 14.0. The first-order valence-corrected chi connectivity index (χ1v) is 17.0. The quantitative estimate of drug-likeness (QED) is 0.141. The van der Waals surface area contributed by atoms with E-state index in [9.17, 15) is 18.0 Å². The summed E-state index contributed by atoms with van der Waals surface area (Å²) in [5.41, 5.74) is 0.956. The van der Waals surface area contributed by atoms with Crippen molar-refractivity contribution in [2.45, 2.75) is 109 Å². The Hall–Kier alpha value is -2.01. The van der Waals surface area contributed by atoms with Gasteiger partial charge < -0.3 is 15.0 Å². The van der Waals surface area contributed by atoms with Gasteiger partial charge in [0.2, 0.25) is 11.8 Å². The van der Waals surface area contributed by atoms with Crippen LogP contribution in [0.3, 0.4) is 0 Å². The third-order valence-corrected chi connectivity index (χ3v) is 7.93. The van der Waals surface area contributed by atoms with E-state index in [1.54, 1.807) is 12.1 Å². The first-order chi connectivity index (χ1) is 19.7.